The van der Waals surface area contributed by atoms with Crippen LogP contribution in [0.2, 0.25) is 0 Å². The lowest BCUT2D eigenvalue weighted by molar-refractivity contribution is 0.0184. The zero-order chi connectivity index (χ0) is 21.3. The summed E-state index contributed by atoms with van der Waals surface area (Å²) in [5, 5.41) is 2.75. The molecule has 162 valence electrons. The van der Waals surface area contributed by atoms with E-state index in [-0.39, 0.29) is 18.8 Å². The van der Waals surface area contributed by atoms with Crippen molar-refractivity contribution in [1.29, 1.82) is 0 Å². The molecule has 1 heterocycles. The second-order valence-electron chi connectivity index (χ2n) is 8.79. The van der Waals surface area contributed by atoms with E-state index in [2.05, 4.69) is 24.4 Å². The fraction of sp³-hybridized carbons (Fsp3) is 0.652. The number of nitrogens with one attached hydrogen (secondary N) is 1. The van der Waals surface area contributed by atoms with Crippen molar-refractivity contribution in [3.8, 4) is 0 Å². The molecule has 1 fully saturated rings. The molecule has 0 unspecified atom stereocenters. The average molecular weight is 405 g/mol. The van der Waals surface area contributed by atoms with Crippen molar-refractivity contribution in [3.05, 3.63) is 35.4 Å². The Hall–Kier alpha value is -2.24. The maximum absolute atomic E-state index is 12.2. The Morgan fingerprint density at radius 3 is 2.31 bits per heavy atom. The zero-order valence-electron chi connectivity index (χ0n) is 18.3. The van der Waals surface area contributed by atoms with E-state index in [0.717, 1.165) is 50.8 Å². The highest BCUT2D eigenvalue weighted by Crippen LogP contribution is 2.23. The summed E-state index contributed by atoms with van der Waals surface area (Å²) < 4.78 is 10.7. The quantitative estimate of drug-likeness (QED) is 0.656. The average Bonchev–Trinajstić information content (AvgIpc) is 2.67. The smallest absolute Gasteiger partial charge is 0.410 e. The van der Waals surface area contributed by atoms with Crippen LogP contribution >= 0.6 is 0 Å². The zero-order valence-corrected chi connectivity index (χ0v) is 18.3. The van der Waals surface area contributed by atoms with Gasteiger partial charge in [-0.15, -0.1) is 0 Å². The normalized spacial score (nSPS) is 15.1. The first-order chi connectivity index (χ1) is 13.8. The molecular weight excluding hydrogens is 368 g/mol. The van der Waals surface area contributed by atoms with Gasteiger partial charge in [0, 0.05) is 19.6 Å². The molecule has 1 aliphatic heterocycles. The molecule has 0 radical (unpaired) electrons. The number of unbranched alkanes of at least 4 members (excludes halogenated alkanes) is 1. The fourth-order valence-electron chi connectivity index (χ4n) is 3.32. The van der Waals surface area contributed by atoms with E-state index in [0.29, 0.717) is 12.5 Å². The predicted octanol–water partition coefficient (Wildman–Crippen LogP) is 4.90. The first-order valence-corrected chi connectivity index (χ1v) is 10.7. The molecule has 0 spiro atoms. The third-order valence-electron chi connectivity index (χ3n) is 4.98. The molecule has 0 aliphatic carbocycles. The van der Waals surface area contributed by atoms with Gasteiger partial charge in [-0.1, -0.05) is 37.6 Å². The number of carbonyl (C=O) groups is 2. The molecule has 1 aliphatic rings. The fourth-order valence-corrected chi connectivity index (χ4v) is 3.32. The molecule has 0 atom stereocenters. The number of rotatable bonds is 7. The summed E-state index contributed by atoms with van der Waals surface area (Å²) in [6.07, 6.45) is 4.41. The van der Waals surface area contributed by atoms with Crippen LogP contribution in [-0.4, -0.2) is 42.3 Å². The van der Waals surface area contributed by atoms with Crippen molar-refractivity contribution in [3.63, 3.8) is 0 Å². The van der Waals surface area contributed by atoms with Gasteiger partial charge in [-0.3, -0.25) is 0 Å². The highest BCUT2D eigenvalue weighted by atomic mass is 16.6. The van der Waals surface area contributed by atoms with E-state index in [1.807, 2.05) is 37.8 Å². The monoisotopic (exact) mass is 404 g/mol. The molecule has 1 saturated heterocycles. The number of amides is 2. The number of ether oxygens (including phenoxy) is 2. The van der Waals surface area contributed by atoms with E-state index >= 15 is 0 Å². The maximum Gasteiger partial charge on any atom is 0.410 e. The molecule has 29 heavy (non-hydrogen) atoms. The second kappa shape index (κ2) is 11.1. The van der Waals surface area contributed by atoms with Gasteiger partial charge in [-0.05, 0) is 63.5 Å². The highest BCUT2D eigenvalue weighted by molar-refractivity contribution is 5.68. The van der Waals surface area contributed by atoms with Crippen molar-refractivity contribution >= 4 is 12.2 Å². The Morgan fingerprint density at radius 2 is 1.72 bits per heavy atom. The van der Waals surface area contributed by atoms with E-state index < -0.39 is 5.60 Å². The summed E-state index contributed by atoms with van der Waals surface area (Å²) in [5.41, 5.74) is 1.81. The van der Waals surface area contributed by atoms with Crippen LogP contribution in [0.5, 0.6) is 0 Å². The molecule has 1 aromatic carbocycles. The molecule has 2 amide bonds. The van der Waals surface area contributed by atoms with E-state index in [4.69, 9.17) is 9.47 Å². The van der Waals surface area contributed by atoms with Crippen LogP contribution < -0.4 is 5.32 Å². The van der Waals surface area contributed by atoms with Crippen LogP contribution in [-0.2, 0) is 22.5 Å². The number of carbonyl (C=O) groups excluding carboxylic acids is 2. The van der Waals surface area contributed by atoms with Gasteiger partial charge in [0.05, 0.1) is 0 Å². The molecule has 6 nitrogen and oxygen atoms in total. The summed E-state index contributed by atoms with van der Waals surface area (Å²) in [4.78, 5) is 25.6. The molecular formula is C23H36N2O4. The van der Waals surface area contributed by atoms with Gasteiger partial charge in [0.15, 0.2) is 0 Å². The highest BCUT2D eigenvalue weighted by Gasteiger charge is 2.26. The molecule has 0 bridgehead atoms. The number of hydrogen-bond donors (Lipinski definition) is 1. The van der Waals surface area contributed by atoms with Crippen LogP contribution in [0.3, 0.4) is 0 Å². The van der Waals surface area contributed by atoms with Gasteiger partial charge >= 0.3 is 12.2 Å². The first-order valence-electron chi connectivity index (χ1n) is 10.7. The number of nitrogens with zero attached hydrogens (tertiary/aromatic N) is 1. The topological polar surface area (TPSA) is 67.9 Å². The Kier molecular flexibility index (Phi) is 8.80. The summed E-state index contributed by atoms with van der Waals surface area (Å²) in [7, 11) is 0. The third-order valence-corrected chi connectivity index (χ3v) is 4.98. The Bertz CT molecular complexity index is 644. The number of alkyl carbamates (subject to hydrolysis) is 1. The second-order valence-corrected chi connectivity index (χ2v) is 8.79. The lowest BCUT2D eigenvalue weighted by Gasteiger charge is -2.33. The standard InChI is InChI=1S/C23H36N2O4/c1-5-6-13-24-21(26)28-17-20-9-7-18(8-10-20)16-19-11-14-25(15-12-19)22(27)29-23(2,3)4/h7-10,19H,5-6,11-17H2,1-4H3,(H,24,26). The minimum atomic E-state index is -0.449. The van der Waals surface area contributed by atoms with Gasteiger partial charge in [-0.2, -0.15) is 0 Å². The van der Waals surface area contributed by atoms with Crippen molar-refractivity contribution in [1.82, 2.24) is 10.2 Å². The molecule has 1 N–H and O–H groups in total. The van der Waals surface area contributed by atoms with Gasteiger partial charge < -0.3 is 19.7 Å². The Labute approximate surface area is 174 Å². The van der Waals surface area contributed by atoms with Crippen molar-refractivity contribution in [2.75, 3.05) is 19.6 Å². The molecule has 1 aromatic rings. The van der Waals surface area contributed by atoms with Crippen LogP contribution in [0, 0.1) is 5.92 Å². The lowest BCUT2D eigenvalue weighted by atomic mass is 9.90. The van der Waals surface area contributed by atoms with E-state index in [9.17, 15) is 9.59 Å². The van der Waals surface area contributed by atoms with Crippen LogP contribution in [0.4, 0.5) is 9.59 Å². The summed E-state index contributed by atoms with van der Waals surface area (Å²) >= 11 is 0. The number of benzene rings is 1. The minimum absolute atomic E-state index is 0.209. The van der Waals surface area contributed by atoms with Crippen LogP contribution in [0.15, 0.2) is 24.3 Å². The Morgan fingerprint density at radius 1 is 1.10 bits per heavy atom. The molecule has 6 heteroatoms. The Balaban J connectivity index is 1.71. The van der Waals surface area contributed by atoms with Crippen LogP contribution in [0.25, 0.3) is 0 Å². The molecule has 2 rings (SSSR count). The van der Waals surface area contributed by atoms with E-state index in [1.165, 1.54) is 5.56 Å². The van der Waals surface area contributed by atoms with Gasteiger partial charge in [-0.25, -0.2) is 9.59 Å². The van der Waals surface area contributed by atoms with Crippen molar-refractivity contribution in [2.24, 2.45) is 5.92 Å². The summed E-state index contributed by atoms with van der Waals surface area (Å²) in [6, 6.07) is 8.25. The summed E-state index contributed by atoms with van der Waals surface area (Å²) in [6.45, 7) is 10.2. The minimum Gasteiger partial charge on any atom is -0.445 e. The lowest BCUT2D eigenvalue weighted by Crippen LogP contribution is -2.42. The van der Waals surface area contributed by atoms with Crippen molar-refractivity contribution < 1.29 is 19.1 Å². The maximum atomic E-state index is 12.2. The summed E-state index contributed by atoms with van der Waals surface area (Å²) in [5.74, 6) is 0.570. The largest absolute Gasteiger partial charge is 0.445 e. The van der Waals surface area contributed by atoms with Gasteiger partial charge in [0.1, 0.15) is 12.2 Å². The third kappa shape index (κ3) is 8.75. The van der Waals surface area contributed by atoms with Gasteiger partial charge in [0.2, 0.25) is 0 Å². The molecule has 0 aromatic heterocycles. The number of piperidine rings is 1. The van der Waals surface area contributed by atoms with Gasteiger partial charge in [0.25, 0.3) is 0 Å². The SMILES string of the molecule is CCCCNC(=O)OCc1ccc(CC2CCN(C(=O)OC(C)(C)C)CC2)cc1. The first kappa shape index (κ1) is 23.0. The van der Waals surface area contributed by atoms with Crippen LogP contribution in [0.1, 0.15) is 64.5 Å². The van der Waals surface area contributed by atoms with E-state index in [1.54, 1.807) is 0 Å². The molecule has 0 saturated carbocycles. The van der Waals surface area contributed by atoms with Crippen molar-refractivity contribution in [2.45, 2.75) is 72.0 Å². The number of likely N-dealkylation sites (tertiary alicyclic amines) is 1. The predicted molar refractivity (Wildman–Crippen MR) is 114 cm³/mol. The number of hydrogen-bond acceptors (Lipinski definition) is 4.